The quantitative estimate of drug-likeness (QED) is 0.782. The fourth-order valence-electron chi connectivity index (χ4n) is 1.75. The predicted molar refractivity (Wildman–Crippen MR) is 75.6 cm³/mol. The van der Waals surface area contributed by atoms with Gasteiger partial charge in [-0.15, -0.1) is 0 Å². The molecule has 5 heteroatoms. The van der Waals surface area contributed by atoms with Crippen LogP contribution in [0.25, 0.3) is 0 Å². The molecule has 0 saturated carbocycles. The second kappa shape index (κ2) is 7.31. The second-order valence-corrected chi connectivity index (χ2v) is 5.41. The van der Waals surface area contributed by atoms with Gasteiger partial charge in [-0.2, -0.15) is 0 Å². The molecule has 3 N–H and O–H groups in total. The molecule has 5 nitrogen and oxygen atoms in total. The number of nitrogens with two attached hydrogens (primary N) is 1. The summed E-state index contributed by atoms with van der Waals surface area (Å²) in [7, 11) is 3.92. The summed E-state index contributed by atoms with van der Waals surface area (Å²) in [5, 5.41) is 2.92. The van der Waals surface area contributed by atoms with Gasteiger partial charge in [-0.3, -0.25) is 9.69 Å². The molecule has 0 saturated heterocycles. The zero-order chi connectivity index (χ0) is 14.4. The number of hydrogen-bond acceptors (Lipinski definition) is 4. The Bertz CT molecular complexity index is 374. The van der Waals surface area contributed by atoms with Gasteiger partial charge >= 0.3 is 0 Å². The van der Waals surface area contributed by atoms with Crippen LogP contribution in [0, 0.1) is 5.92 Å². The van der Waals surface area contributed by atoms with Crippen LogP contribution in [0.4, 0.5) is 0 Å². The van der Waals surface area contributed by atoms with Crippen molar-refractivity contribution in [1.29, 1.82) is 0 Å². The van der Waals surface area contributed by atoms with Crippen LogP contribution in [0.3, 0.4) is 0 Å². The average molecular weight is 267 g/mol. The number of nitrogens with one attached hydrogen (secondary N) is 1. The van der Waals surface area contributed by atoms with Crippen LogP contribution in [-0.2, 0) is 4.79 Å². The molecular weight excluding hydrogens is 242 g/mol. The Balaban J connectivity index is 2.47. The maximum Gasteiger partial charge on any atom is 0.221 e. The Morgan fingerprint density at radius 2 is 2.16 bits per heavy atom. The number of amides is 1. The van der Waals surface area contributed by atoms with E-state index < -0.39 is 0 Å². The molecule has 1 aromatic rings. The number of furan rings is 1. The lowest BCUT2D eigenvalue weighted by Crippen LogP contribution is -2.38. The highest BCUT2D eigenvalue weighted by Crippen LogP contribution is 2.17. The zero-order valence-corrected chi connectivity index (χ0v) is 12.2. The number of nitrogens with zero attached hydrogens (tertiary/aromatic N) is 1. The molecule has 0 aliphatic carbocycles. The summed E-state index contributed by atoms with van der Waals surface area (Å²) in [5.41, 5.74) is 5.89. The monoisotopic (exact) mass is 267 g/mol. The number of rotatable bonds is 7. The summed E-state index contributed by atoms with van der Waals surface area (Å²) < 4.78 is 5.39. The number of carbonyl (C=O) groups is 1. The van der Waals surface area contributed by atoms with Crippen molar-refractivity contribution in [2.24, 2.45) is 11.7 Å². The standard InChI is InChI=1S/C14H25N3O2/c1-10(2)11(15)8-14(18)16-9-12(17(3)4)13-6-5-7-19-13/h5-7,10-12H,8-9,15H2,1-4H3,(H,16,18). The van der Waals surface area contributed by atoms with Gasteiger partial charge in [-0.1, -0.05) is 13.8 Å². The summed E-state index contributed by atoms with van der Waals surface area (Å²) >= 11 is 0. The molecule has 2 atom stereocenters. The van der Waals surface area contributed by atoms with E-state index in [0.717, 1.165) is 5.76 Å². The van der Waals surface area contributed by atoms with E-state index in [-0.39, 0.29) is 18.0 Å². The predicted octanol–water partition coefficient (Wildman–Crippen LogP) is 1.37. The lowest BCUT2D eigenvalue weighted by Gasteiger charge is -2.23. The van der Waals surface area contributed by atoms with Gasteiger partial charge in [0, 0.05) is 19.0 Å². The molecule has 0 bridgehead atoms. The van der Waals surface area contributed by atoms with Crippen molar-refractivity contribution in [2.45, 2.75) is 32.4 Å². The first kappa shape index (κ1) is 15.7. The Morgan fingerprint density at radius 1 is 1.47 bits per heavy atom. The van der Waals surface area contributed by atoms with E-state index in [2.05, 4.69) is 5.32 Å². The summed E-state index contributed by atoms with van der Waals surface area (Å²) in [6.45, 7) is 4.55. The first-order valence-electron chi connectivity index (χ1n) is 6.64. The molecule has 2 unspecified atom stereocenters. The lowest BCUT2D eigenvalue weighted by molar-refractivity contribution is -0.121. The topological polar surface area (TPSA) is 71.5 Å². The van der Waals surface area contributed by atoms with E-state index >= 15 is 0 Å². The van der Waals surface area contributed by atoms with Crippen LogP contribution in [0.15, 0.2) is 22.8 Å². The maximum atomic E-state index is 11.8. The van der Waals surface area contributed by atoms with Gasteiger partial charge in [0.2, 0.25) is 5.91 Å². The minimum atomic E-state index is -0.0959. The average Bonchev–Trinajstić information content (AvgIpc) is 2.82. The largest absolute Gasteiger partial charge is 0.468 e. The Labute approximate surface area is 115 Å². The third-order valence-electron chi connectivity index (χ3n) is 3.26. The summed E-state index contributed by atoms with van der Waals surface area (Å²) in [4.78, 5) is 13.8. The van der Waals surface area contributed by atoms with E-state index in [0.29, 0.717) is 18.9 Å². The first-order valence-corrected chi connectivity index (χ1v) is 6.64. The smallest absolute Gasteiger partial charge is 0.221 e. The van der Waals surface area contributed by atoms with E-state index in [1.165, 1.54) is 0 Å². The Morgan fingerprint density at radius 3 is 2.63 bits per heavy atom. The SMILES string of the molecule is CC(C)C(N)CC(=O)NCC(c1ccco1)N(C)C. The van der Waals surface area contributed by atoms with Gasteiger partial charge in [-0.25, -0.2) is 0 Å². The summed E-state index contributed by atoms with van der Waals surface area (Å²) in [6.07, 6.45) is 2.00. The van der Waals surface area contributed by atoms with E-state index in [9.17, 15) is 4.79 Å². The molecule has 1 amide bonds. The van der Waals surface area contributed by atoms with Gasteiger partial charge in [0.25, 0.3) is 0 Å². The van der Waals surface area contributed by atoms with Gasteiger partial charge in [0.05, 0.1) is 12.3 Å². The van der Waals surface area contributed by atoms with Gasteiger partial charge in [0.15, 0.2) is 0 Å². The molecule has 1 aromatic heterocycles. The molecule has 0 spiro atoms. The Hall–Kier alpha value is -1.33. The second-order valence-electron chi connectivity index (χ2n) is 5.41. The minimum Gasteiger partial charge on any atom is -0.468 e. The molecule has 0 fully saturated rings. The number of likely N-dealkylation sites (N-methyl/N-ethyl adjacent to an activating group) is 1. The molecule has 1 heterocycles. The van der Waals surface area contributed by atoms with Crippen molar-refractivity contribution >= 4 is 5.91 Å². The van der Waals surface area contributed by atoms with Crippen LogP contribution in [0.1, 0.15) is 32.1 Å². The molecule has 0 aromatic carbocycles. The number of carbonyl (C=O) groups excluding carboxylic acids is 1. The molecule has 0 radical (unpaired) electrons. The molecule has 108 valence electrons. The minimum absolute atomic E-state index is 0.0143. The van der Waals surface area contributed by atoms with E-state index in [1.807, 2.05) is 45.0 Å². The zero-order valence-electron chi connectivity index (χ0n) is 12.2. The summed E-state index contributed by atoms with van der Waals surface area (Å²) in [6, 6.07) is 3.70. The van der Waals surface area contributed by atoms with Crippen LogP contribution >= 0.6 is 0 Å². The van der Waals surface area contributed by atoms with Crippen LogP contribution < -0.4 is 11.1 Å². The summed E-state index contributed by atoms with van der Waals surface area (Å²) in [5.74, 6) is 1.14. The fraction of sp³-hybridized carbons (Fsp3) is 0.643. The third-order valence-corrected chi connectivity index (χ3v) is 3.26. The highest BCUT2D eigenvalue weighted by Gasteiger charge is 2.19. The third kappa shape index (κ3) is 5.04. The van der Waals surface area contributed by atoms with Crippen molar-refractivity contribution in [2.75, 3.05) is 20.6 Å². The molecule has 0 aliphatic rings. The van der Waals surface area contributed by atoms with Crippen molar-refractivity contribution < 1.29 is 9.21 Å². The number of hydrogen-bond donors (Lipinski definition) is 2. The van der Waals surface area contributed by atoms with E-state index in [4.69, 9.17) is 10.2 Å². The van der Waals surface area contributed by atoms with Crippen molar-refractivity contribution in [3.05, 3.63) is 24.2 Å². The lowest BCUT2D eigenvalue weighted by atomic mass is 10.0. The normalized spacial score (nSPS) is 14.7. The van der Waals surface area contributed by atoms with Gasteiger partial charge in [0.1, 0.15) is 5.76 Å². The Kier molecular flexibility index (Phi) is 6.05. The first-order chi connectivity index (χ1) is 8.91. The highest BCUT2D eigenvalue weighted by atomic mass is 16.3. The highest BCUT2D eigenvalue weighted by molar-refractivity contribution is 5.76. The van der Waals surface area contributed by atoms with Crippen LogP contribution in [0.5, 0.6) is 0 Å². The molecule has 19 heavy (non-hydrogen) atoms. The molecule has 0 aliphatic heterocycles. The van der Waals surface area contributed by atoms with Gasteiger partial charge in [-0.05, 0) is 32.1 Å². The molecular formula is C14H25N3O2. The van der Waals surface area contributed by atoms with Crippen LogP contribution in [-0.4, -0.2) is 37.5 Å². The van der Waals surface area contributed by atoms with E-state index in [1.54, 1.807) is 6.26 Å². The van der Waals surface area contributed by atoms with Crippen LogP contribution in [0.2, 0.25) is 0 Å². The van der Waals surface area contributed by atoms with Crippen molar-refractivity contribution in [3.8, 4) is 0 Å². The molecule has 1 rings (SSSR count). The van der Waals surface area contributed by atoms with Crippen molar-refractivity contribution in [1.82, 2.24) is 10.2 Å². The fourth-order valence-corrected chi connectivity index (χ4v) is 1.75. The maximum absolute atomic E-state index is 11.8. The van der Waals surface area contributed by atoms with Gasteiger partial charge < -0.3 is 15.5 Å². The van der Waals surface area contributed by atoms with Crippen molar-refractivity contribution in [3.63, 3.8) is 0 Å².